The van der Waals surface area contributed by atoms with Crippen LogP contribution >= 0.6 is 11.3 Å². The first-order valence-electron chi connectivity index (χ1n) is 11.1. The highest BCUT2D eigenvalue weighted by molar-refractivity contribution is 7.21. The van der Waals surface area contributed by atoms with Crippen molar-refractivity contribution in [2.75, 3.05) is 5.32 Å². The van der Waals surface area contributed by atoms with E-state index in [1.807, 2.05) is 19.1 Å². The van der Waals surface area contributed by atoms with Crippen LogP contribution in [0.1, 0.15) is 39.3 Å². The largest absolute Gasteiger partial charge is 0.382 e. The molecule has 0 radical (unpaired) electrons. The smallest absolute Gasteiger partial charge is 0.280 e. The maximum Gasteiger partial charge on any atom is 0.280 e. The van der Waals surface area contributed by atoms with E-state index in [1.54, 1.807) is 12.1 Å². The Morgan fingerprint density at radius 2 is 1.78 bits per heavy atom. The van der Waals surface area contributed by atoms with Gasteiger partial charge in [0, 0.05) is 11.8 Å². The number of benzene rings is 2. The minimum atomic E-state index is -2.85. The highest BCUT2D eigenvalue weighted by Gasteiger charge is 2.32. The van der Waals surface area contributed by atoms with Crippen molar-refractivity contribution in [3.8, 4) is 11.1 Å². The topological polar surface area (TPSA) is 107 Å². The first kappa shape index (κ1) is 24.4. The molecule has 3 heterocycles. The quantitative estimate of drug-likeness (QED) is 0.343. The third kappa shape index (κ3) is 4.77. The number of halogens is 3. The summed E-state index contributed by atoms with van der Waals surface area (Å²) >= 11 is 0.820. The lowest BCUT2D eigenvalue weighted by Gasteiger charge is -2.13. The van der Waals surface area contributed by atoms with Crippen LogP contribution in [0.2, 0.25) is 0 Å². The second-order valence-electron chi connectivity index (χ2n) is 8.44. The first-order valence-corrected chi connectivity index (χ1v) is 11.9. The second-order valence-corrected chi connectivity index (χ2v) is 9.44. The minimum Gasteiger partial charge on any atom is -0.382 e. The molecular formula is C26H19F3N4O3S. The van der Waals surface area contributed by atoms with E-state index in [0.717, 1.165) is 16.9 Å². The van der Waals surface area contributed by atoms with E-state index >= 15 is 0 Å². The lowest BCUT2D eigenvalue weighted by molar-refractivity contribution is -0.125. The number of pyridine rings is 1. The molecule has 1 atom stereocenters. The first-order chi connectivity index (χ1) is 17.7. The molecule has 2 aromatic carbocycles. The minimum absolute atomic E-state index is 0.0340. The predicted molar refractivity (Wildman–Crippen MR) is 134 cm³/mol. The van der Waals surface area contributed by atoms with E-state index in [-0.39, 0.29) is 21.8 Å². The summed E-state index contributed by atoms with van der Waals surface area (Å²) in [5.74, 6) is -1.87. The Balaban J connectivity index is 1.54. The van der Waals surface area contributed by atoms with Crippen LogP contribution in [0.3, 0.4) is 0 Å². The van der Waals surface area contributed by atoms with Gasteiger partial charge in [0.1, 0.15) is 21.2 Å². The molecule has 37 heavy (non-hydrogen) atoms. The number of nitrogens with one attached hydrogen (secondary N) is 1. The Morgan fingerprint density at radius 3 is 2.43 bits per heavy atom. The number of fused-ring (bicyclic) bond motifs is 1. The second kappa shape index (κ2) is 9.66. The van der Waals surface area contributed by atoms with E-state index in [1.165, 1.54) is 30.3 Å². The molecule has 11 heteroatoms. The summed E-state index contributed by atoms with van der Waals surface area (Å²) in [5, 5.41) is 6.95. The van der Waals surface area contributed by atoms with Crippen LogP contribution in [0.15, 0.2) is 59.8 Å². The molecule has 3 N–H and O–H groups in total. The number of carbonyl (C=O) groups excluding carboxylic acids is 2. The molecule has 2 aromatic heterocycles. The van der Waals surface area contributed by atoms with Crippen molar-refractivity contribution in [3.05, 3.63) is 82.1 Å². The summed E-state index contributed by atoms with van der Waals surface area (Å²) < 4.78 is 40.6. The molecule has 4 aromatic rings. The molecule has 1 aliphatic heterocycles. The van der Waals surface area contributed by atoms with Gasteiger partial charge in [-0.15, -0.1) is 11.3 Å². The van der Waals surface area contributed by atoms with Crippen molar-refractivity contribution < 1.29 is 27.6 Å². The van der Waals surface area contributed by atoms with E-state index < -0.39 is 35.9 Å². The van der Waals surface area contributed by atoms with Gasteiger partial charge < -0.3 is 15.9 Å². The van der Waals surface area contributed by atoms with E-state index in [4.69, 9.17) is 10.6 Å². The average Bonchev–Trinajstić information content (AvgIpc) is 3.50. The molecule has 0 saturated heterocycles. The number of anilines is 1. The number of nitrogens with zero attached hydrogens (tertiary/aromatic N) is 2. The Bertz CT molecular complexity index is 1550. The molecule has 0 saturated carbocycles. The van der Waals surface area contributed by atoms with Crippen LogP contribution in [0.4, 0.5) is 18.9 Å². The summed E-state index contributed by atoms with van der Waals surface area (Å²) in [6, 6.07) is 14.0. The van der Waals surface area contributed by atoms with Crippen molar-refractivity contribution in [1.29, 1.82) is 0 Å². The molecule has 0 bridgehead atoms. The van der Waals surface area contributed by atoms with Crippen LogP contribution in [0.25, 0.3) is 21.3 Å². The third-order valence-corrected chi connectivity index (χ3v) is 6.98. The van der Waals surface area contributed by atoms with E-state index in [0.29, 0.717) is 27.8 Å². The van der Waals surface area contributed by atoms with Crippen LogP contribution in [-0.4, -0.2) is 28.6 Å². The third-order valence-electron chi connectivity index (χ3n) is 5.88. The maximum absolute atomic E-state index is 13.7. The normalized spacial score (nSPS) is 15.1. The van der Waals surface area contributed by atoms with Crippen molar-refractivity contribution in [2.24, 2.45) is 10.9 Å². The number of hydrogen-bond donors (Lipinski definition) is 2. The lowest BCUT2D eigenvalue weighted by atomic mass is 10.00. The van der Waals surface area contributed by atoms with Crippen molar-refractivity contribution in [3.63, 3.8) is 0 Å². The van der Waals surface area contributed by atoms with Gasteiger partial charge in [-0.05, 0) is 41.8 Å². The van der Waals surface area contributed by atoms with E-state index in [9.17, 15) is 22.8 Å². The van der Waals surface area contributed by atoms with Gasteiger partial charge in [-0.25, -0.2) is 18.2 Å². The fraction of sp³-hybridized carbons (Fsp3) is 0.154. The number of amides is 2. The SMILES string of the molecule is Cc1ccc(-c2cc(C(F)F)nc3sc(C(N)=O)c(NC(=O)C4CC(c5ccc(F)cc5)=NO4)c23)cc1. The molecular weight excluding hydrogens is 505 g/mol. The van der Waals surface area contributed by atoms with Crippen molar-refractivity contribution >= 4 is 44.8 Å². The van der Waals surface area contributed by atoms with Crippen LogP contribution < -0.4 is 11.1 Å². The number of carbonyl (C=O) groups is 2. The van der Waals surface area contributed by atoms with Gasteiger partial charge in [0.25, 0.3) is 18.2 Å². The number of hydrogen-bond acceptors (Lipinski definition) is 6. The number of aromatic nitrogens is 1. The number of primary amides is 1. The van der Waals surface area contributed by atoms with Crippen LogP contribution in [0, 0.1) is 12.7 Å². The molecule has 0 fully saturated rings. The van der Waals surface area contributed by atoms with E-state index in [2.05, 4.69) is 15.5 Å². The summed E-state index contributed by atoms with van der Waals surface area (Å²) in [6.45, 7) is 1.89. The Labute approximate surface area is 212 Å². The van der Waals surface area contributed by atoms with Gasteiger partial charge in [-0.1, -0.05) is 47.1 Å². The number of oxime groups is 1. The summed E-state index contributed by atoms with van der Waals surface area (Å²) in [6.07, 6.45) is -3.78. The van der Waals surface area contributed by atoms with Gasteiger partial charge in [-0.3, -0.25) is 9.59 Å². The number of alkyl halides is 2. The van der Waals surface area contributed by atoms with Crippen LogP contribution in [0.5, 0.6) is 0 Å². The summed E-state index contributed by atoms with van der Waals surface area (Å²) in [5.41, 5.74) is 8.18. The Kier molecular flexibility index (Phi) is 6.38. The fourth-order valence-corrected chi connectivity index (χ4v) is 5.03. The standard InChI is InChI=1S/C26H19F3N4O3S/c1-12-2-4-13(5-3-12)16-10-18(23(28)29)31-26-20(16)21(22(37-26)24(30)34)32-25(35)19-11-17(33-36-19)14-6-8-15(27)9-7-14/h2-10,19,23H,11H2,1H3,(H2,30,34)(H,32,35). The molecule has 2 amide bonds. The highest BCUT2D eigenvalue weighted by atomic mass is 32.1. The average molecular weight is 525 g/mol. The maximum atomic E-state index is 13.7. The van der Waals surface area contributed by atoms with Gasteiger partial charge in [-0.2, -0.15) is 0 Å². The molecule has 1 aliphatic rings. The monoisotopic (exact) mass is 524 g/mol. The van der Waals surface area contributed by atoms with Gasteiger partial charge in [0.2, 0.25) is 6.10 Å². The lowest BCUT2D eigenvalue weighted by Crippen LogP contribution is -2.29. The molecule has 0 spiro atoms. The molecule has 188 valence electrons. The Hall–Kier alpha value is -4.25. The zero-order valence-corrected chi connectivity index (χ0v) is 20.1. The van der Waals surface area contributed by atoms with Gasteiger partial charge in [0.05, 0.1) is 11.4 Å². The van der Waals surface area contributed by atoms with Gasteiger partial charge >= 0.3 is 0 Å². The zero-order valence-electron chi connectivity index (χ0n) is 19.3. The summed E-state index contributed by atoms with van der Waals surface area (Å²) in [7, 11) is 0. The zero-order chi connectivity index (χ0) is 26.3. The molecule has 7 nitrogen and oxygen atoms in total. The molecule has 5 rings (SSSR count). The number of rotatable bonds is 6. The fourth-order valence-electron chi connectivity index (χ4n) is 4.02. The molecule has 0 aliphatic carbocycles. The highest BCUT2D eigenvalue weighted by Crippen LogP contribution is 2.42. The van der Waals surface area contributed by atoms with Gasteiger partial charge in [0.15, 0.2) is 0 Å². The van der Waals surface area contributed by atoms with Crippen LogP contribution in [-0.2, 0) is 9.63 Å². The number of aryl methyl sites for hydroxylation is 1. The predicted octanol–water partition coefficient (Wildman–Crippen LogP) is 5.58. The summed E-state index contributed by atoms with van der Waals surface area (Å²) in [4.78, 5) is 34.9. The van der Waals surface area contributed by atoms with Crippen molar-refractivity contribution in [2.45, 2.75) is 25.9 Å². The number of nitrogens with two attached hydrogens (primary N) is 1. The van der Waals surface area contributed by atoms with Crippen molar-refractivity contribution in [1.82, 2.24) is 4.98 Å². The molecule has 1 unspecified atom stereocenters. The Morgan fingerprint density at radius 1 is 1.11 bits per heavy atom. The number of thiophene rings is 1.